The highest BCUT2D eigenvalue weighted by Crippen LogP contribution is 2.30. The van der Waals surface area contributed by atoms with Gasteiger partial charge >= 0.3 is 0 Å². The molecule has 7 nitrogen and oxygen atoms in total. The molecule has 0 saturated carbocycles. The fourth-order valence-electron chi connectivity index (χ4n) is 3.18. The molecular formula is C19H24N4O3. The van der Waals surface area contributed by atoms with Gasteiger partial charge in [-0.25, -0.2) is 0 Å². The van der Waals surface area contributed by atoms with Gasteiger partial charge in [0.1, 0.15) is 6.61 Å². The van der Waals surface area contributed by atoms with Crippen molar-refractivity contribution in [2.45, 2.75) is 25.7 Å². The maximum atomic E-state index is 12.6. The summed E-state index contributed by atoms with van der Waals surface area (Å²) in [6, 6.07) is 5.73. The number of aromatic nitrogens is 2. The lowest BCUT2D eigenvalue weighted by Gasteiger charge is -2.30. The summed E-state index contributed by atoms with van der Waals surface area (Å²) in [5, 5.41) is 7.06. The molecule has 0 bridgehead atoms. The molecule has 1 N–H and O–H groups in total. The molecule has 0 spiro atoms. The summed E-state index contributed by atoms with van der Waals surface area (Å²) in [5.74, 6) is -0.491. The van der Waals surface area contributed by atoms with Crippen molar-refractivity contribution < 1.29 is 14.3 Å². The second-order valence-electron chi connectivity index (χ2n) is 6.58. The quantitative estimate of drug-likeness (QED) is 0.890. The van der Waals surface area contributed by atoms with Crippen molar-refractivity contribution in [2.75, 3.05) is 30.5 Å². The van der Waals surface area contributed by atoms with Crippen LogP contribution < -0.4 is 10.2 Å². The van der Waals surface area contributed by atoms with E-state index in [4.69, 9.17) is 4.74 Å². The Hall–Kier alpha value is -2.67. The van der Waals surface area contributed by atoms with Gasteiger partial charge in [0, 0.05) is 43.8 Å². The standard InChI is InChI=1S/C19H24N4O3/c1-13(15-10-20-22(2)11-15)19(25)21-16-7-6-14-5-4-8-23(17(14)9-16)18(24)12-26-3/h6-7,9-11,13H,4-5,8,12H2,1-3H3,(H,21,25). The Labute approximate surface area is 152 Å². The van der Waals surface area contributed by atoms with Crippen LogP contribution in [0.25, 0.3) is 0 Å². The van der Waals surface area contributed by atoms with Crippen molar-refractivity contribution in [1.82, 2.24) is 9.78 Å². The number of hydrogen-bond donors (Lipinski definition) is 1. The monoisotopic (exact) mass is 356 g/mol. The highest BCUT2D eigenvalue weighted by Gasteiger charge is 2.23. The summed E-state index contributed by atoms with van der Waals surface area (Å²) in [7, 11) is 3.34. The van der Waals surface area contributed by atoms with Gasteiger partial charge in [0.05, 0.1) is 12.1 Å². The predicted molar refractivity (Wildman–Crippen MR) is 99.2 cm³/mol. The number of carbonyl (C=O) groups excluding carboxylic acids is 2. The molecule has 0 fully saturated rings. The number of aryl methyl sites for hydroxylation is 2. The van der Waals surface area contributed by atoms with E-state index in [9.17, 15) is 9.59 Å². The molecule has 2 amide bonds. The van der Waals surface area contributed by atoms with Gasteiger partial charge in [0.2, 0.25) is 5.91 Å². The number of nitrogens with one attached hydrogen (secondary N) is 1. The lowest BCUT2D eigenvalue weighted by atomic mass is 10.0. The molecule has 1 aliphatic heterocycles. The van der Waals surface area contributed by atoms with Crippen molar-refractivity contribution in [1.29, 1.82) is 0 Å². The summed E-state index contributed by atoms with van der Waals surface area (Å²) in [6.45, 7) is 2.56. The van der Waals surface area contributed by atoms with Crippen molar-refractivity contribution in [3.63, 3.8) is 0 Å². The van der Waals surface area contributed by atoms with E-state index in [0.717, 1.165) is 29.7 Å². The third-order valence-corrected chi connectivity index (χ3v) is 4.66. The number of nitrogens with zero attached hydrogens (tertiary/aromatic N) is 3. The second-order valence-corrected chi connectivity index (χ2v) is 6.58. The number of amides is 2. The Kier molecular flexibility index (Phi) is 5.37. The number of methoxy groups -OCH3 is 1. The maximum Gasteiger partial charge on any atom is 0.252 e. The van der Waals surface area contributed by atoms with Gasteiger partial charge in [-0.15, -0.1) is 0 Å². The maximum absolute atomic E-state index is 12.6. The minimum Gasteiger partial charge on any atom is -0.375 e. The third kappa shape index (κ3) is 3.77. The van der Waals surface area contributed by atoms with E-state index in [1.54, 1.807) is 15.8 Å². The van der Waals surface area contributed by atoms with Crippen LogP contribution in [0.15, 0.2) is 30.6 Å². The topological polar surface area (TPSA) is 76.5 Å². The zero-order valence-electron chi connectivity index (χ0n) is 15.4. The number of ether oxygens (including phenoxy) is 1. The molecule has 138 valence electrons. The number of benzene rings is 1. The van der Waals surface area contributed by atoms with Gasteiger partial charge in [0.25, 0.3) is 5.91 Å². The second kappa shape index (κ2) is 7.70. The van der Waals surface area contributed by atoms with Gasteiger partial charge < -0.3 is 15.0 Å². The molecular weight excluding hydrogens is 332 g/mol. The first kappa shape index (κ1) is 18.1. The molecule has 3 rings (SSSR count). The summed E-state index contributed by atoms with van der Waals surface area (Å²) in [6.07, 6.45) is 5.38. The average molecular weight is 356 g/mol. The molecule has 0 saturated heterocycles. The van der Waals surface area contributed by atoms with E-state index in [1.165, 1.54) is 7.11 Å². The fraction of sp³-hybridized carbons (Fsp3) is 0.421. The average Bonchev–Trinajstić information content (AvgIpc) is 3.07. The molecule has 2 aromatic rings. The van der Waals surface area contributed by atoms with Gasteiger partial charge in [-0.05, 0) is 37.5 Å². The van der Waals surface area contributed by atoms with E-state index < -0.39 is 0 Å². The highest BCUT2D eigenvalue weighted by molar-refractivity contribution is 5.98. The van der Waals surface area contributed by atoms with Crippen LogP contribution in [0.5, 0.6) is 0 Å². The van der Waals surface area contributed by atoms with Crippen LogP contribution in [-0.2, 0) is 27.8 Å². The molecule has 1 atom stereocenters. The molecule has 0 aliphatic carbocycles. The van der Waals surface area contributed by atoms with Gasteiger partial charge in [-0.2, -0.15) is 5.10 Å². The summed E-state index contributed by atoms with van der Waals surface area (Å²) < 4.78 is 6.66. The molecule has 2 heterocycles. The van der Waals surface area contributed by atoms with Crippen LogP contribution in [0, 0.1) is 0 Å². The predicted octanol–water partition coefficient (Wildman–Crippen LogP) is 2.09. The number of rotatable bonds is 5. The third-order valence-electron chi connectivity index (χ3n) is 4.66. The van der Waals surface area contributed by atoms with Crippen LogP contribution in [0.3, 0.4) is 0 Å². The van der Waals surface area contributed by atoms with Crippen molar-refractivity contribution >= 4 is 23.2 Å². The smallest absolute Gasteiger partial charge is 0.252 e. The van der Waals surface area contributed by atoms with Crippen molar-refractivity contribution in [2.24, 2.45) is 7.05 Å². The van der Waals surface area contributed by atoms with Crippen LogP contribution >= 0.6 is 0 Å². The number of carbonyl (C=O) groups is 2. The van der Waals surface area contributed by atoms with Gasteiger partial charge in [-0.3, -0.25) is 14.3 Å². The number of anilines is 2. The fourth-order valence-corrected chi connectivity index (χ4v) is 3.18. The van der Waals surface area contributed by atoms with E-state index in [2.05, 4.69) is 10.4 Å². The van der Waals surface area contributed by atoms with E-state index >= 15 is 0 Å². The van der Waals surface area contributed by atoms with Gasteiger partial charge in [0.15, 0.2) is 0 Å². The Balaban J connectivity index is 1.78. The first-order valence-corrected chi connectivity index (χ1v) is 8.71. The molecule has 1 aromatic carbocycles. The zero-order chi connectivity index (χ0) is 18.7. The Morgan fingerprint density at radius 2 is 2.19 bits per heavy atom. The van der Waals surface area contributed by atoms with E-state index in [1.807, 2.05) is 38.4 Å². The lowest BCUT2D eigenvalue weighted by molar-refractivity contribution is -0.122. The van der Waals surface area contributed by atoms with Crippen LogP contribution in [-0.4, -0.2) is 41.9 Å². The minimum atomic E-state index is -0.314. The Bertz CT molecular complexity index is 815. The summed E-state index contributed by atoms with van der Waals surface area (Å²) in [5.41, 5.74) is 3.51. The normalized spacial score (nSPS) is 14.7. The first-order valence-electron chi connectivity index (χ1n) is 8.71. The minimum absolute atomic E-state index is 0.0497. The molecule has 1 aliphatic rings. The zero-order valence-corrected chi connectivity index (χ0v) is 15.4. The molecule has 1 aromatic heterocycles. The van der Waals surface area contributed by atoms with Crippen LogP contribution in [0.4, 0.5) is 11.4 Å². The largest absolute Gasteiger partial charge is 0.375 e. The summed E-state index contributed by atoms with van der Waals surface area (Å²) in [4.78, 5) is 26.6. The molecule has 0 radical (unpaired) electrons. The van der Waals surface area contributed by atoms with Crippen LogP contribution in [0.2, 0.25) is 0 Å². The van der Waals surface area contributed by atoms with Crippen molar-refractivity contribution in [3.8, 4) is 0 Å². The number of hydrogen-bond acceptors (Lipinski definition) is 4. The van der Waals surface area contributed by atoms with Crippen molar-refractivity contribution in [3.05, 3.63) is 41.7 Å². The summed E-state index contributed by atoms with van der Waals surface area (Å²) >= 11 is 0. The molecule has 1 unspecified atom stereocenters. The molecule has 7 heteroatoms. The lowest BCUT2D eigenvalue weighted by Crippen LogP contribution is -2.37. The first-order chi connectivity index (χ1) is 12.5. The Morgan fingerprint density at radius 3 is 2.88 bits per heavy atom. The SMILES string of the molecule is COCC(=O)N1CCCc2ccc(NC(=O)C(C)c3cnn(C)c3)cc21. The van der Waals surface area contributed by atoms with Crippen LogP contribution in [0.1, 0.15) is 30.4 Å². The highest BCUT2D eigenvalue weighted by atomic mass is 16.5. The molecule has 26 heavy (non-hydrogen) atoms. The number of fused-ring (bicyclic) bond motifs is 1. The van der Waals surface area contributed by atoms with E-state index in [0.29, 0.717) is 12.2 Å². The van der Waals surface area contributed by atoms with E-state index in [-0.39, 0.29) is 24.3 Å². The van der Waals surface area contributed by atoms with Gasteiger partial charge in [-0.1, -0.05) is 6.07 Å². The Morgan fingerprint density at radius 1 is 1.38 bits per heavy atom.